The van der Waals surface area contributed by atoms with E-state index in [1.807, 2.05) is 20.8 Å². The number of allylic oxidation sites excluding steroid dienone is 1. The summed E-state index contributed by atoms with van der Waals surface area (Å²) in [7, 11) is 0. The molecule has 1 aromatic heterocycles. The molecule has 0 atom stereocenters. The van der Waals surface area contributed by atoms with Crippen LogP contribution in [0, 0.1) is 23.2 Å². The van der Waals surface area contributed by atoms with Gasteiger partial charge in [0.05, 0.1) is 10.6 Å². The van der Waals surface area contributed by atoms with Gasteiger partial charge in [-0.1, -0.05) is 24.0 Å². The summed E-state index contributed by atoms with van der Waals surface area (Å²) in [4.78, 5) is 24.6. The third-order valence-corrected chi connectivity index (χ3v) is 4.85. The van der Waals surface area contributed by atoms with E-state index in [9.17, 15) is 14.7 Å². The monoisotopic (exact) mass is 345 g/mol. The van der Waals surface area contributed by atoms with Crippen molar-refractivity contribution in [1.82, 2.24) is 0 Å². The Balaban J connectivity index is 2.17. The molecule has 4 nitrogen and oxygen atoms in total. The van der Waals surface area contributed by atoms with E-state index < -0.39 is 5.97 Å². The van der Waals surface area contributed by atoms with E-state index in [1.54, 1.807) is 6.07 Å². The highest BCUT2D eigenvalue weighted by Gasteiger charge is 2.25. The third-order valence-electron chi connectivity index (χ3n) is 3.81. The van der Waals surface area contributed by atoms with Crippen molar-refractivity contribution >= 4 is 28.9 Å². The van der Waals surface area contributed by atoms with Crippen molar-refractivity contribution in [3.8, 4) is 11.8 Å². The summed E-state index contributed by atoms with van der Waals surface area (Å²) in [6.07, 6.45) is 3.26. The maximum absolute atomic E-state index is 12.4. The number of anilines is 1. The number of carboxylic acids is 1. The van der Waals surface area contributed by atoms with Crippen molar-refractivity contribution in [2.45, 2.75) is 46.5 Å². The lowest BCUT2D eigenvalue weighted by Crippen LogP contribution is -2.25. The molecule has 0 spiro atoms. The summed E-state index contributed by atoms with van der Waals surface area (Å²) in [5.74, 6) is 4.85. The Hall–Kier alpha value is -2.06. The second kappa shape index (κ2) is 7.23. The van der Waals surface area contributed by atoms with Gasteiger partial charge in [-0.25, -0.2) is 4.79 Å². The minimum absolute atomic E-state index is 0.0823. The van der Waals surface area contributed by atoms with E-state index in [0.717, 1.165) is 37.0 Å². The maximum atomic E-state index is 12.4. The van der Waals surface area contributed by atoms with Crippen LogP contribution < -0.4 is 5.32 Å². The van der Waals surface area contributed by atoms with E-state index in [1.165, 1.54) is 5.57 Å². The Labute approximate surface area is 147 Å². The number of carboxylic acid groups (broad SMARTS) is 1. The molecule has 0 aliphatic heterocycles. The predicted octanol–water partition coefficient (Wildman–Crippen LogP) is 4.53. The highest BCUT2D eigenvalue weighted by molar-refractivity contribution is 7.15. The van der Waals surface area contributed by atoms with Gasteiger partial charge in [0.25, 0.3) is 0 Å². The molecule has 1 saturated carbocycles. The Morgan fingerprint density at radius 2 is 1.96 bits per heavy atom. The van der Waals surface area contributed by atoms with Gasteiger partial charge in [0, 0.05) is 11.3 Å². The SMILES string of the molecule is C=C1CCC(C(=O)Nc2cc(C#CC(C)(C)C)sc2C(=O)O)CC1. The summed E-state index contributed by atoms with van der Waals surface area (Å²) in [6.45, 7) is 9.92. The van der Waals surface area contributed by atoms with Crippen LogP contribution in [-0.4, -0.2) is 17.0 Å². The molecule has 0 saturated heterocycles. The molecule has 0 aromatic carbocycles. The third kappa shape index (κ3) is 4.97. The van der Waals surface area contributed by atoms with Gasteiger partial charge in [-0.15, -0.1) is 11.3 Å². The summed E-state index contributed by atoms with van der Waals surface area (Å²) >= 11 is 1.10. The van der Waals surface area contributed by atoms with Gasteiger partial charge in [0.2, 0.25) is 5.91 Å². The molecule has 1 aromatic rings. The van der Waals surface area contributed by atoms with E-state index >= 15 is 0 Å². The van der Waals surface area contributed by atoms with Gasteiger partial charge in [-0.05, 0) is 52.5 Å². The fourth-order valence-corrected chi connectivity index (χ4v) is 3.28. The molecule has 2 rings (SSSR count). The first kappa shape index (κ1) is 18.3. The van der Waals surface area contributed by atoms with Crippen molar-refractivity contribution in [3.63, 3.8) is 0 Å². The van der Waals surface area contributed by atoms with Crippen LogP contribution >= 0.6 is 11.3 Å². The smallest absolute Gasteiger partial charge is 0.348 e. The van der Waals surface area contributed by atoms with E-state index in [2.05, 4.69) is 23.7 Å². The molecule has 0 bridgehead atoms. The molecular weight excluding hydrogens is 322 g/mol. The lowest BCUT2D eigenvalue weighted by Gasteiger charge is -2.22. The molecule has 0 radical (unpaired) electrons. The summed E-state index contributed by atoms with van der Waals surface area (Å²) in [5.41, 5.74) is 1.36. The van der Waals surface area contributed by atoms with E-state index in [0.29, 0.717) is 10.6 Å². The van der Waals surface area contributed by atoms with Gasteiger partial charge in [0.1, 0.15) is 4.88 Å². The highest BCUT2D eigenvalue weighted by atomic mass is 32.1. The number of hydrogen-bond acceptors (Lipinski definition) is 3. The number of rotatable bonds is 3. The molecule has 2 N–H and O–H groups in total. The first-order chi connectivity index (χ1) is 11.2. The fraction of sp³-hybridized carbons (Fsp3) is 0.474. The topological polar surface area (TPSA) is 66.4 Å². The molecule has 1 heterocycles. The minimum atomic E-state index is -1.05. The maximum Gasteiger partial charge on any atom is 0.348 e. The number of amides is 1. The summed E-state index contributed by atoms with van der Waals surface area (Å²) in [6, 6.07) is 1.66. The molecule has 128 valence electrons. The van der Waals surface area contributed by atoms with Crippen LogP contribution in [0.2, 0.25) is 0 Å². The second-order valence-electron chi connectivity index (χ2n) is 7.17. The minimum Gasteiger partial charge on any atom is -0.477 e. The number of hydrogen-bond donors (Lipinski definition) is 2. The molecule has 1 aliphatic carbocycles. The molecule has 24 heavy (non-hydrogen) atoms. The zero-order valence-corrected chi connectivity index (χ0v) is 15.2. The largest absolute Gasteiger partial charge is 0.477 e. The van der Waals surface area contributed by atoms with Crippen molar-refractivity contribution in [3.05, 3.63) is 28.0 Å². The predicted molar refractivity (Wildman–Crippen MR) is 97.3 cm³/mol. The number of thiophene rings is 1. The zero-order valence-electron chi connectivity index (χ0n) is 14.4. The molecule has 1 fully saturated rings. The van der Waals surface area contributed by atoms with Crippen LogP contribution in [0.4, 0.5) is 5.69 Å². The van der Waals surface area contributed by atoms with Crippen LogP contribution in [0.3, 0.4) is 0 Å². The Kier molecular flexibility index (Phi) is 5.51. The number of nitrogens with one attached hydrogen (secondary N) is 1. The van der Waals surface area contributed by atoms with Crippen LogP contribution in [0.15, 0.2) is 18.2 Å². The number of carbonyl (C=O) groups is 2. The zero-order chi connectivity index (χ0) is 17.9. The van der Waals surface area contributed by atoms with Crippen molar-refractivity contribution < 1.29 is 14.7 Å². The standard InChI is InChI=1S/C19H23NO3S/c1-12-5-7-13(8-6-12)17(21)20-15-11-14(9-10-19(2,3)4)24-16(15)18(22)23/h11,13H,1,5-8H2,2-4H3,(H,20,21)(H,22,23). The quantitative estimate of drug-likeness (QED) is 0.625. The van der Waals surface area contributed by atoms with Crippen LogP contribution in [-0.2, 0) is 4.79 Å². The van der Waals surface area contributed by atoms with Crippen molar-refractivity contribution in [1.29, 1.82) is 0 Å². The first-order valence-electron chi connectivity index (χ1n) is 8.03. The van der Waals surface area contributed by atoms with Gasteiger partial charge < -0.3 is 10.4 Å². The normalized spacial score (nSPS) is 15.5. The van der Waals surface area contributed by atoms with Crippen molar-refractivity contribution in [2.24, 2.45) is 11.3 Å². The van der Waals surface area contributed by atoms with Gasteiger partial charge in [-0.3, -0.25) is 4.79 Å². The van der Waals surface area contributed by atoms with E-state index in [-0.39, 0.29) is 22.1 Å². The lowest BCUT2D eigenvalue weighted by atomic mass is 9.86. The van der Waals surface area contributed by atoms with Gasteiger partial charge in [-0.2, -0.15) is 0 Å². The first-order valence-corrected chi connectivity index (χ1v) is 8.85. The Morgan fingerprint density at radius 1 is 1.33 bits per heavy atom. The Morgan fingerprint density at radius 3 is 2.50 bits per heavy atom. The Bertz CT molecular complexity index is 718. The van der Waals surface area contributed by atoms with Crippen molar-refractivity contribution in [2.75, 3.05) is 5.32 Å². The molecule has 1 amide bonds. The summed E-state index contributed by atoms with van der Waals surface area (Å²) < 4.78 is 0. The molecule has 5 heteroatoms. The average molecular weight is 345 g/mol. The van der Waals surface area contributed by atoms with Gasteiger partial charge in [0.15, 0.2) is 0 Å². The lowest BCUT2D eigenvalue weighted by molar-refractivity contribution is -0.120. The molecular formula is C19H23NO3S. The van der Waals surface area contributed by atoms with Gasteiger partial charge >= 0.3 is 5.97 Å². The number of aromatic carboxylic acids is 1. The van der Waals surface area contributed by atoms with Crippen LogP contribution in [0.25, 0.3) is 0 Å². The fourth-order valence-electron chi connectivity index (χ4n) is 2.48. The average Bonchev–Trinajstić information content (AvgIpc) is 2.88. The van der Waals surface area contributed by atoms with Crippen LogP contribution in [0.5, 0.6) is 0 Å². The molecule has 0 unspecified atom stereocenters. The summed E-state index contributed by atoms with van der Waals surface area (Å²) in [5, 5.41) is 12.2. The second-order valence-corrected chi connectivity index (χ2v) is 8.22. The van der Waals surface area contributed by atoms with E-state index in [4.69, 9.17) is 0 Å². The molecule has 1 aliphatic rings. The van der Waals surface area contributed by atoms with Crippen LogP contribution in [0.1, 0.15) is 61.0 Å². The number of carbonyl (C=O) groups excluding carboxylic acids is 1. The highest BCUT2D eigenvalue weighted by Crippen LogP contribution is 2.31.